The molecule has 0 unspecified atom stereocenters. The quantitative estimate of drug-likeness (QED) is 0.797. The molecule has 2 N–H and O–H groups in total. The average molecular weight is 300 g/mol. The number of nitrogens with zero attached hydrogens (tertiary/aromatic N) is 2. The zero-order valence-electron chi connectivity index (χ0n) is 12.0. The van der Waals surface area contributed by atoms with Crippen molar-refractivity contribution in [2.75, 3.05) is 6.54 Å². The molecule has 0 aliphatic carbocycles. The van der Waals surface area contributed by atoms with Crippen LogP contribution in [0.25, 0.3) is 16.7 Å². The SMILES string of the molecule is CCc1nc2cccc(Cl)c2n1-c1ccc(CCN)cc1. The smallest absolute Gasteiger partial charge is 0.114 e. The molecule has 0 fully saturated rings. The first-order valence-corrected chi connectivity index (χ1v) is 7.57. The standard InChI is InChI=1S/C17H18ClN3/c1-2-16-20-15-5-3-4-14(18)17(15)21(16)13-8-6-12(7-9-13)10-11-19/h3-9H,2,10-11,19H2,1H3. The molecule has 0 atom stereocenters. The van der Waals surface area contributed by atoms with Crippen LogP contribution < -0.4 is 5.73 Å². The van der Waals surface area contributed by atoms with Crippen LogP contribution in [-0.4, -0.2) is 16.1 Å². The van der Waals surface area contributed by atoms with E-state index in [1.165, 1.54) is 5.56 Å². The maximum Gasteiger partial charge on any atom is 0.114 e. The Morgan fingerprint density at radius 3 is 2.57 bits per heavy atom. The lowest BCUT2D eigenvalue weighted by Crippen LogP contribution is -2.04. The highest BCUT2D eigenvalue weighted by Gasteiger charge is 2.13. The van der Waals surface area contributed by atoms with Crippen molar-refractivity contribution < 1.29 is 0 Å². The van der Waals surface area contributed by atoms with Crippen molar-refractivity contribution >= 4 is 22.6 Å². The lowest BCUT2D eigenvalue weighted by molar-refractivity contribution is 0.905. The van der Waals surface area contributed by atoms with E-state index in [0.717, 1.165) is 40.4 Å². The predicted molar refractivity (Wildman–Crippen MR) is 88.2 cm³/mol. The van der Waals surface area contributed by atoms with Gasteiger partial charge in [0.2, 0.25) is 0 Å². The third-order valence-electron chi connectivity index (χ3n) is 3.64. The van der Waals surface area contributed by atoms with Gasteiger partial charge in [-0.25, -0.2) is 4.98 Å². The summed E-state index contributed by atoms with van der Waals surface area (Å²) in [6, 6.07) is 14.3. The van der Waals surface area contributed by atoms with E-state index in [9.17, 15) is 0 Å². The number of aromatic nitrogens is 2. The maximum atomic E-state index is 6.39. The first-order valence-electron chi connectivity index (χ1n) is 7.19. The lowest BCUT2D eigenvalue weighted by atomic mass is 10.1. The minimum absolute atomic E-state index is 0.666. The maximum absolute atomic E-state index is 6.39. The number of rotatable bonds is 4. The van der Waals surface area contributed by atoms with E-state index in [-0.39, 0.29) is 0 Å². The topological polar surface area (TPSA) is 43.8 Å². The molecule has 0 amide bonds. The van der Waals surface area contributed by atoms with E-state index in [2.05, 4.69) is 40.7 Å². The summed E-state index contributed by atoms with van der Waals surface area (Å²) in [4.78, 5) is 4.69. The molecule has 1 heterocycles. The number of aryl methyl sites for hydroxylation is 1. The minimum Gasteiger partial charge on any atom is -0.330 e. The molecule has 21 heavy (non-hydrogen) atoms. The molecule has 4 heteroatoms. The van der Waals surface area contributed by atoms with Crippen molar-refractivity contribution in [3.8, 4) is 5.69 Å². The van der Waals surface area contributed by atoms with Crippen LogP contribution in [0, 0.1) is 0 Å². The van der Waals surface area contributed by atoms with Crippen LogP contribution in [-0.2, 0) is 12.8 Å². The Morgan fingerprint density at radius 2 is 1.90 bits per heavy atom. The molecule has 2 aromatic carbocycles. The molecular formula is C17H18ClN3. The van der Waals surface area contributed by atoms with E-state index in [0.29, 0.717) is 6.54 Å². The highest BCUT2D eigenvalue weighted by atomic mass is 35.5. The van der Waals surface area contributed by atoms with Gasteiger partial charge in [-0.15, -0.1) is 0 Å². The van der Waals surface area contributed by atoms with E-state index >= 15 is 0 Å². The summed E-state index contributed by atoms with van der Waals surface area (Å²) in [6.45, 7) is 2.77. The normalized spacial score (nSPS) is 11.2. The van der Waals surface area contributed by atoms with Gasteiger partial charge in [0.15, 0.2) is 0 Å². The van der Waals surface area contributed by atoms with Crippen LogP contribution in [0.5, 0.6) is 0 Å². The molecule has 0 spiro atoms. The van der Waals surface area contributed by atoms with Gasteiger partial charge in [-0.05, 0) is 42.8 Å². The molecule has 0 bridgehead atoms. The van der Waals surface area contributed by atoms with Crippen molar-refractivity contribution in [2.45, 2.75) is 19.8 Å². The van der Waals surface area contributed by atoms with Crippen LogP contribution in [0.1, 0.15) is 18.3 Å². The molecule has 3 nitrogen and oxygen atoms in total. The fourth-order valence-electron chi connectivity index (χ4n) is 2.63. The number of halogens is 1. The summed E-state index contributed by atoms with van der Waals surface area (Å²) in [5.41, 5.74) is 9.84. The van der Waals surface area contributed by atoms with Crippen molar-refractivity contribution in [3.05, 3.63) is 58.9 Å². The number of benzene rings is 2. The van der Waals surface area contributed by atoms with Gasteiger partial charge in [0.1, 0.15) is 5.82 Å². The Morgan fingerprint density at radius 1 is 1.14 bits per heavy atom. The van der Waals surface area contributed by atoms with Crippen molar-refractivity contribution in [1.29, 1.82) is 0 Å². The largest absolute Gasteiger partial charge is 0.330 e. The zero-order chi connectivity index (χ0) is 14.8. The average Bonchev–Trinajstić information content (AvgIpc) is 2.88. The molecule has 0 saturated heterocycles. The van der Waals surface area contributed by atoms with Gasteiger partial charge < -0.3 is 5.73 Å². The van der Waals surface area contributed by atoms with Gasteiger partial charge in [0, 0.05) is 12.1 Å². The minimum atomic E-state index is 0.666. The van der Waals surface area contributed by atoms with Crippen LogP contribution >= 0.6 is 11.6 Å². The highest BCUT2D eigenvalue weighted by molar-refractivity contribution is 6.35. The molecule has 0 aliphatic rings. The number of imidazole rings is 1. The molecule has 3 rings (SSSR count). The fourth-order valence-corrected chi connectivity index (χ4v) is 2.88. The van der Waals surface area contributed by atoms with E-state index in [1.807, 2.05) is 18.2 Å². The Bertz CT molecular complexity index is 760. The number of nitrogens with two attached hydrogens (primary N) is 1. The van der Waals surface area contributed by atoms with E-state index in [4.69, 9.17) is 17.3 Å². The molecule has 0 saturated carbocycles. The third-order valence-corrected chi connectivity index (χ3v) is 3.95. The number of fused-ring (bicyclic) bond motifs is 1. The Hall–Kier alpha value is -1.84. The summed E-state index contributed by atoms with van der Waals surface area (Å²) >= 11 is 6.39. The second-order valence-electron chi connectivity index (χ2n) is 5.03. The van der Waals surface area contributed by atoms with Crippen LogP contribution in [0.3, 0.4) is 0 Å². The first kappa shape index (κ1) is 14.1. The Labute approximate surface area is 129 Å². The molecule has 0 aliphatic heterocycles. The second kappa shape index (κ2) is 5.88. The predicted octanol–water partition coefficient (Wildman–Crippen LogP) is 3.74. The molecule has 1 aromatic heterocycles. The van der Waals surface area contributed by atoms with Gasteiger partial charge >= 0.3 is 0 Å². The number of hydrogen-bond donors (Lipinski definition) is 1. The summed E-state index contributed by atoms with van der Waals surface area (Å²) in [7, 11) is 0. The van der Waals surface area contributed by atoms with Gasteiger partial charge in [-0.2, -0.15) is 0 Å². The molecule has 0 radical (unpaired) electrons. The zero-order valence-corrected chi connectivity index (χ0v) is 12.8. The van der Waals surface area contributed by atoms with Crippen molar-refractivity contribution in [3.63, 3.8) is 0 Å². The van der Waals surface area contributed by atoms with Crippen LogP contribution in [0.2, 0.25) is 5.02 Å². The Kier molecular flexibility index (Phi) is 3.95. The first-order chi connectivity index (χ1) is 10.2. The monoisotopic (exact) mass is 299 g/mol. The van der Waals surface area contributed by atoms with Gasteiger partial charge in [0.25, 0.3) is 0 Å². The second-order valence-corrected chi connectivity index (χ2v) is 5.44. The van der Waals surface area contributed by atoms with Gasteiger partial charge in [-0.1, -0.05) is 36.7 Å². The fraction of sp³-hybridized carbons (Fsp3) is 0.235. The molecule has 108 valence electrons. The third kappa shape index (κ3) is 2.55. The van der Waals surface area contributed by atoms with Crippen molar-refractivity contribution in [2.24, 2.45) is 5.73 Å². The molecular weight excluding hydrogens is 282 g/mol. The van der Waals surface area contributed by atoms with Gasteiger partial charge in [-0.3, -0.25) is 4.57 Å². The van der Waals surface area contributed by atoms with Crippen LogP contribution in [0.4, 0.5) is 0 Å². The lowest BCUT2D eigenvalue weighted by Gasteiger charge is -2.10. The number of hydrogen-bond acceptors (Lipinski definition) is 2. The summed E-state index contributed by atoms with van der Waals surface area (Å²) < 4.78 is 2.14. The van der Waals surface area contributed by atoms with Gasteiger partial charge in [0.05, 0.1) is 16.1 Å². The summed E-state index contributed by atoms with van der Waals surface area (Å²) in [6.07, 6.45) is 1.75. The number of para-hydroxylation sites is 1. The Balaban J connectivity index is 2.18. The summed E-state index contributed by atoms with van der Waals surface area (Å²) in [5.74, 6) is 1.02. The summed E-state index contributed by atoms with van der Waals surface area (Å²) in [5, 5.41) is 0.728. The van der Waals surface area contributed by atoms with Crippen LogP contribution in [0.15, 0.2) is 42.5 Å². The molecule has 3 aromatic rings. The van der Waals surface area contributed by atoms with Crippen molar-refractivity contribution in [1.82, 2.24) is 9.55 Å². The van der Waals surface area contributed by atoms with E-state index in [1.54, 1.807) is 0 Å². The highest BCUT2D eigenvalue weighted by Crippen LogP contribution is 2.28. The van der Waals surface area contributed by atoms with E-state index < -0.39 is 0 Å².